The Hall–Kier alpha value is -2.58. The van der Waals surface area contributed by atoms with Gasteiger partial charge >= 0.3 is 0 Å². The van der Waals surface area contributed by atoms with E-state index in [9.17, 15) is 4.79 Å². The highest BCUT2D eigenvalue weighted by Crippen LogP contribution is 2.37. The van der Waals surface area contributed by atoms with Gasteiger partial charge < -0.3 is 25.3 Å². The molecular formula is C15H18N4O4. The molecule has 2 aromatic rings. The van der Waals surface area contributed by atoms with E-state index in [0.29, 0.717) is 17.3 Å². The summed E-state index contributed by atoms with van der Waals surface area (Å²) in [6.07, 6.45) is 1.50. The van der Waals surface area contributed by atoms with Crippen molar-refractivity contribution >= 4 is 11.7 Å². The summed E-state index contributed by atoms with van der Waals surface area (Å²) in [4.78, 5) is 12.1. The zero-order valence-corrected chi connectivity index (χ0v) is 12.7. The number of hydrogen-bond acceptors (Lipinski definition) is 6. The highest BCUT2D eigenvalue weighted by Gasteiger charge is 2.18. The van der Waals surface area contributed by atoms with E-state index in [-0.39, 0.29) is 31.8 Å². The number of nitrogens with zero attached hydrogens (tertiary/aromatic N) is 1. The third kappa shape index (κ3) is 3.27. The lowest BCUT2D eigenvalue weighted by molar-refractivity contribution is -0.118. The van der Waals surface area contributed by atoms with Crippen molar-refractivity contribution in [2.45, 2.75) is 12.5 Å². The van der Waals surface area contributed by atoms with Crippen molar-refractivity contribution in [2.75, 3.05) is 25.8 Å². The number of anilines is 1. The first-order valence-corrected chi connectivity index (χ1v) is 7.17. The Morgan fingerprint density at radius 2 is 2.30 bits per heavy atom. The van der Waals surface area contributed by atoms with Crippen LogP contribution >= 0.6 is 0 Å². The number of amides is 1. The van der Waals surface area contributed by atoms with Crippen molar-refractivity contribution in [3.05, 3.63) is 24.4 Å². The first kappa shape index (κ1) is 15.3. The minimum atomic E-state index is -0.313. The summed E-state index contributed by atoms with van der Waals surface area (Å²) in [7, 11) is 1.53. The Kier molecular flexibility index (Phi) is 4.45. The quantitative estimate of drug-likeness (QED) is 0.735. The summed E-state index contributed by atoms with van der Waals surface area (Å²) < 4.78 is 15.8. The average Bonchev–Trinajstić information content (AvgIpc) is 3.20. The number of fused-ring (bicyclic) bond motifs is 1. The number of nitrogens with one attached hydrogen (secondary N) is 2. The van der Waals surface area contributed by atoms with Crippen LogP contribution < -0.4 is 20.5 Å². The second kappa shape index (κ2) is 6.67. The number of aromatic amines is 1. The van der Waals surface area contributed by atoms with Crippen LogP contribution in [0, 0.1) is 0 Å². The Balaban J connectivity index is 1.76. The van der Waals surface area contributed by atoms with Gasteiger partial charge in [0.15, 0.2) is 11.5 Å². The van der Waals surface area contributed by atoms with E-state index in [4.69, 9.17) is 19.9 Å². The van der Waals surface area contributed by atoms with Crippen LogP contribution in [0.1, 0.15) is 6.42 Å². The van der Waals surface area contributed by atoms with E-state index in [1.807, 2.05) is 18.2 Å². The summed E-state index contributed by atoms with van der Waals surface area (Å²) in [6, 6.07) is 5.55. The van der Waals surface area contributed by atoms with Gasteiger partial charge in [0.1, 0.15) is 5.82 Å². The molecule has 1 aliphatic rings. The van der Waals surface area contributed by atoms with Crippen LogP contribution in [0.5, 0.6) is 11.5 Å². The molecule has 0 spiro atoms. The maximum Gasteiger partial charge on any atom is 0.231 e. The molecule has 0 aliphatic carbocycles. The number of carbonyl (C=O) groups excluding carboxylic acids is 1. The molecule has 3 rings (SSSR count). The fourth-order valence-corrected chi connectivity index (χ4v) is 2.32. The van der Waals surface area contributed by atoms with Gasteiger partial charge in [-0.05, 0) is 17.7 Å². The predicted molar refractivity (Wildman–Crippen MR) is 83.2 cm³/mol. The minimum Gasteiger partial charge on any atom is -0.454 e. The van der Waals surface area contributed by atoms with Gasteiger partial charge in [0.25, 0.3) is 0 Å². The summed E-state index contributed by atoms with van der Waals surface area (Å²) in [5, 5.41) is 9.57. The SMILES string of the molecule is COC(CN)CC(=O)Nc1[nH]ncc1-c1ccc2c(c1)OCO2. The van der Waals surface area contributed by atoms with Crippen molar-refractivity contribution < 1.29 is 19.0 Å². The van der Waals surface area contributed by atoms with Gasteiger partial charge in [0, 0.05) is 19.2 Å². The number of nitrogens with two attached hydrogens (primary N) is 1. The van der Waals surface area contributed by atoms with E-state index in [2.05, 4.69) is 15.5 Å². The van der Waals surface area contributed by atoms with Crippen LogP contribution in [0.2, 0.25) is 0 Å². The van der Waals surface area contributed by atoms with Gasteiger partial charge in [0.05, 0.1) is 18.7 Å². The third-order valence-corrected chi connectivity index (χ3v) is 3.60. The van der Waals surface area contributed by atoms with Gasteiger partial charge in [-0.25, -0.2) is 0 Å². The van der Waals surface area contributed by atoms with Crippen LogP contribution in [0.15, 0.2) is 24.4 Å². The fraction of sp³-hybridized carbons (Fsp3) is 0.333. The normalized spacial score (nSPS) is 13.8. The van der Waals surface area contributed by atoms with Crippen molar-refractivity contribution in [3.63, 3.8) is 0 Å². The molecule has 1 unspecified atom stereocenters. The van der Waals surface area contributed by atoms with Crippen molar-refractivity contribution in [2.24, 2.45) is 5.73 Å². The Labute approximate surface area is 132 Å². The number of ether oxygens (including phenoxy) is 3. The second-order valence-electron chi connectivity index (χ2n) is 5.07. The molecule has 8 nitrogen and oxygen atoms in total. The lowest BCUT2D eigenvalue weighted by Crippen LogP contribution is -2.28. The summed E-state index contributed by atoms with van der Waals surface area (Å²) in [5.74, 6) is 1.69. The fourth-order valence-electron chi connectivity index (χ4n) is 2.32. The van der Waals surface area contributed by atoms with E-state index >= 15 is 0 Å². The predicted octanol–water partition coefficient (Wildman–Crippen LogP) is 1.11. The highest BCUT2D eigenvalue weighted by atomic mass is 16.7. The van der Waals surface area contributed by atoms with E-state index < -0.39 is 0 Å². The standard InChI is InChI=1S/C15H18N4O4/c1-21-10(6-16)5-14(20)18-15-11(7-17-19-15)9-2-3-12-13(4-9)23-8-22-12/h2-4,7,10H,5-6,8,16H2,1H3,(H2,17,18,19,20). The van der Waals surface area contributed by atoms with Crippen molar-refractivity contribution in [1.29, 1.82) is 0 Å². The maximum atomic E-state index is 12.1. The number of methoxy groups -OCH3 is 1. The lowest BCUT2D eigenvalue weighted by Gasteiger charge is -2.12. The smallest absolute Gasteiger partial charge is 0.231 e. The van der Waals surface area contributed by atoms with Gasteiger partial charge in [-0.1, -0.05) is 6.07 Å². The van der Waals surface area contributed by atoms with E-state index in [1.54, 1.807) is 6.20 Å². The number of carbonyl (C=O) groups is 1. The van der Waals surface area contributed by atoms with Crippen LogP contribution in [0.4, 0.5) is 5.82 Å². The average molecular weight is 318 g/mol. The van der Waals surface area contributed by atoms with Crippen molar-refractivity contribution in [1.82, 2.24) is 10.2 Å². The molecule has 0 saturated heterocycles. The van der Waals surface area contributed by atoms with Crippen LogP contribution in [-0.4, -0.2) is 42.7 Å². The molecule has 0 bridgehead atoms. The Bertz CT molecular complexity index is 697. The van der Waals surface area contributed by atoms with Gasteiger partial charge in [-0.3, -0.25) is 9.89 Å². The number of hydrogen-bond donors (Lipinski definition) is 3. The zero-order chi connectivity index (χ0) is 16.2. The Morgan fingerprint density at radius 1 is 1.48 bits per heavy atom. The van der Waals surface area contributed by atoms with E-state index in [0.717, 1.165) is 11.1 Å². The van der Waals surface area contributed by atoms with Gasteiger partial charge in [-0.15, -0.1) is 0 Å². The Morgan fingerprint density at radius 3 is 3.09 bits per heavy atom. The molecule has 1 amide bonds. The molecule has 1 aromatic carbocycles. The van der Waals surface area contributed by atoms with Gasteiger partial charge in [0.2, 0.25) is 12.7 Å². The number of aromatic nitrogens is 2. The lowest BCUT2D eigenvalue weighted by atomic mass is 10.1. The molecule has 0 radical (unpaired) electrons. The number of rotatable bonds is 6. The molecule has 2 heterocycles. The molecule has 122 valence electrons. The van der Waals surface area contributed by atoms with Crippen LogP contribution in [0.25, 0.3) is 11.1 Å². The second-order valence-corrected chi connectivity index (χ2v) is 5.07. The molecular weight excluding hydrogens is 300 g/mol. The number of H-pyrrole nitrogens is 1. The molecule has 1 aliphatic heterocycles. The first-order chi connectivity index (χ1) is 11.2. The summed E-state index contributed by atoms with van der Waals surface area (Å²) in [5.41, 5.74) is 7.15. The molecule has 0 fully saturated rings. The first-order valence-electron chi connectivity index (χ1n) is 7.17. The topological polar surface area (TPSA) is 111 Å². The molecule has 4 N–H and O–H groups in total. The van der Waals surface area contributed by atoms with E-state index in [1.165, 1.54) is 7.11 Å². The molecule has 23 heavy (non-hydrogen) atoms. The maximum absolute atomic E-state index is 12.1. The monoisotopic (exact) mass is 318 g/mol. The van der Waals surface area contributed by atoms with Crippen molar-refractivity contribution in [3.8, 4) is 22.6 Å². The minimum absolute atomic E-state index is 0.173. The largest absolute Gasteiger partial charge is 0.454 e. The third-order valence-electron chi connectivity index (χ3n) is 3.60. The van der Waals surface area contributed by atoms with Gasteiger partial charge in [-0.2, -0.15) is 5.10 Å². The molecule has 1 aromatic heterocycles. The number of benzene rings is 1. The van der Waals surface area contributed by atoms with Crippen LogP contribution in [0.3, 0.4) is 0 Å². The summed E-state index contributed by atoms with van der Waals surface area (Å²) >= 11 is 0. The molecule has 1 atom stereocenters. The molecule has 0 saturated carbocycles. The highest BCUT2D eigenvalue weighted by molar-refractivity contribution is 5.94. The van der Waals surface area contributed by atoms with Crippen LogP contribution in [-0.2, 0) is 9.53 Å². The summed E-state index contributed by atoms with van der Waals surface area (Å²) in [6.45, 7) is 0.493. The molecule has 8 heteroatoms. The zero-order valence-electron chi connectivity index (χ0n) is 12.7.